The fraction of sp³-hybridized carbons (Fsp3) is 0.429. The predicted octanol–water partition coefficient (Wildman–Crippen LogP) is 2.65. The van der Waals surface area contributed by atoms with E-state index in [2.05, 4.69) is 10.1 Å². The minimum Gasteiger partial charge on any atom is -0.398 e. The number of nitrogen functional groups attached to an aromatic ring is 1. The van der Waals surface area contributed by atoms with Crippen molar-refractivity contribution in [2.75, 3.05) is 12.8 Å². The van der Waals surface area contributed by atoms with Crippen molar-refractivity contribution >= 4 is 5.69 Å². The van der Waals surface area contributed by atoms with Crippen LogP contribution < -0.4 is 5.73 Å². The second-order valence-electron chi connectivity index (χ2n) is 5.01. The second kappa shape index (κ2) is 4.35. The maximum absolute atomic E-state index is 6.05. The Balaban J connectivity index is 1.99. The first-order valence-corrected chi connectivity index (χ1v) is 6.41. The molecule has 1 aliphatic carbocycles. The molecule has 1 aromatic carbocycles. The van der Waals surface area contributed by atoms with E-state index in [1.807, 2.05) is 25.1 Å². The maximum atomic E-state index is 6.05. The van der Waals surface area contributed by atoms with E-state index in [1.165, 1.54) is 0 Å². The fourth-order valence-electron chi connectivity index (χ4n) is 2.40. The summed E-state index contributed by atoms with van der Waals surface area (Å²) in [4.78, 5) is 4.46. The minimum atomic E-state index is -0.361. The molecule has 0 spiro atoms. The van der Waals surface area contributed by atoms with Gasteiger partial charge in [0.2, 0.25) is 5.82 Å². The monoisotopic (exact) mass is 259 g/mol. The molecule has 100 valence electrons. The number of anilines is 1. The van der Waals surface area contributed by atoms with Crippen LogP contribution >= 0.6 is 0 Å². The first-order chi connectivity index (χ1) is 9.16. The van der Waals surface area contributed by atoms with Crippen LogP contribution in [-0.4, -0.2) is 17.3 Å². The van der Waals surface area contributed by atoms with Crippen LogP contribution in [0.1, 0.15) is 30.7 Å². The van der Waals surface area contributed by atoms with Crippen LogP contribution in [0.4, 0.5) is 5.69 Å². The Hall–Kier alpha value is -1.88. The number of hydrogen-bond donors (Lipinski definition) is 1. The van der Waals surface area contributed by atoms with Crippen LogP contribution in [0.5, 0.6) is 0 Å². The highest BCUT2D eigenvalue weighted by atomic mass is 16.5. The zero-order chi connectivity index (χ0) is 13.5. The average Bonchev–Trinajstić information content (AvgIpc) is 2.82. The Labute approximate surface area is 111 Å². The SMILES string of the molecule is COC1(c2noc(-c3cccc(C)c3N)n2)CCC1. The van der Waals surface area contributed by atoms with Crippen LogP contribution in [0.3, 0.4) is 0 Å². The normalized spacial score (nSPS) is 17.2. The van der Waals surface area contributed by atoms with Gasteiger partial charge in [-0.3, -0.25) is 0 Å². The van der Waals surface area contributed by atoms with E-state index in [0.29, 0.717) is 17.4 Å². The summed E-state index contributed by atoms with van der Waals surface area (Å²) in [6.07, 6.45) is 3.00. The number of hydrogen-bond acceptors (Lipinski definition) is 5. The standard InChI is InChI=1S/C14H17N3O2/c1-9-5-3-6-10(11(9)15)12-16-13(17-19-12)14(18-2)7-4-8-14/h3,5-6H,4,7-8,15H2,1-2H3. The van der Waals surface area contributed by atoms with Crippen molar-refractivity contribution < 1.29 is 9.26 Å². The van der Waals surface area contributed by atoms with Crippen LogP contribution in [0.2, 0.25) is 0 Å². The van der Waals surface area contributed by atoms with E-state index >= 15 is 0 Å². The largest absolute Gasteiger partial charge is 0.398 e. The molecule has 0 bridgehead atoms. The number of nitrogens with two attached hydrogens (primary N) is 1. The van der Waals surface area contributed by atoms with E-state index < -0.39 is 0 Å². The van der Waals surface area contributed by atoms with Crippen LogP contribution in [0.25, 0.3) is 11.5 Å². The zero-order valence-electron chi connectivity index (χ0n) is 11.1. The van der Waals surface area contributed by atoms with Crippen molar-refractivity contribution in [1.82, 2.24) is 10.1 Å². The molecule has 1 saturated carbocycles. The fourth-order valence-corrected chi connectivity index (χ4v) is 2.40. The molecule has 1 aromatic heterocycles. The van der Waals surface area contributed by atoms with Gasteiger partial charge in [-0.25, -0.2) is 0 Å². The molecular formula is C14H17N3O2. The summed E-state index contributed by atoms with van der Waals surface area (Å²) in [5, 5.41) is 4.06. The van der Waals surface area contributed by atoms with Gasteiger partial charge in [-0.05, 0) is 37.8 Å². The van der Waals surface area contributed by atoms with E-state index in [9.17, 15) is 0 Å². The molecular weight excluding hydrogens is 242 g/mol. The summed E-state index contributed by atoms with van der Waals surface area (Å²) in [7, 11) is 1.69. The van der Waals surface area contributed by atoms with Gasteiger partial charge in [0.1, 0.15) is 5.60 Å². The minimum absolute atomic E-state index is 0.361. The second-order valence-corrected chi connectivity index (χ2v) is 5.01. The number of methoxy groups -OCH3 is 1. The highest BCUT2D eigenvalue weighted by molar-refractivity contribution is 5.73. The average molecular weight is 259 g/mol. The third-order valence-electron chi connectivity index (χ3n) is 3.94. The van der Waals surface area contributed by atoms with Gasteiger partial charge in [0.15, 0.2) is 0 Å². The summed E-state index contributed by atoms with van der Waals surface area (Å²) in [6.45, 7) is 1.96. The third-order valence-corrected chi connectivity index (χ3v) is 3.94. The lowest BCUT2D eigenvalue weighted by atomic mass is 9.79. The highest BCUT2D eigenvalue weighted by Gasteiger charge is 2.43. The summed E-state index contributed by atoms with van der Waals surface area (Å²) in [5.41, 5.74) is 8.15. The lowest BCUT2D eigenvalue weighted by Gasteiger charge is -2.37. The van der Waals surface area contributed by atoms with Crippen molar-refractivity contribution in [2.24, 2.45) is 0 Å². The number of ether oxygens (including phenoxy) is 1. The summed E-state index contributed by atoms with van der Waals surface area (Å²) >= 11 is 0. The van der Waals surface area contributed by atoms with Gasteiger partial charge in [-0.1, -0.05) is 17.3 Å². The van der Waals surface area contributed by atoms with Crippen LogP contribution in [0, 0.1) is 6.92 Å². The van der Waals surface area contributed by atoms with Crippen molar-refractivity contribution in [1.29, 1.82) is 0 Å². The maximum Gasteiger partial charge on any atom is 0.260 e. The molecule has 1 heterocycles. The van der Waals surface area contributed by atoms with E-state index in [4.69, 9.17) is 15.0 Å². The van der Waals surface area contributed by atoms with Gasteiger partial charge < -0.3 is 15.0 Å². The van der Waals surface area contributed by atoms with E-state index in [0.717, 1.165) is 30.4 Å². The van der Waals surface area contributed by atoms with Crippen LogP contribution in [-0.2, 0) is 10.3 Å². The summed E-state index contributed by atoms with van der Waals surface area (Å²) in [5.74, 6) is 1.08. The molecule has 0 atom stereocenters. The van der Waals surface area contributed by atoms with Gasteiger partial charge in [0, 0.05) is 12.8 Å². The zero-order valence-corrected chi connectivity index (χ0v) is 11.1. The number of nitrogens with zero attached hydrogens (tertiary/aromatic N) is 2. The number of para-hydroxylation sites is 1. The number of rotatable bonds is 3. The Bertz CT molecular complexity index is 597. The van der Waals surface area contributed by atoms with Gasteiger partial charge in [0.05, 0.1) is 5.56 Å². The quantitative estimate of drug-likeness (QED) is 0.858. The molecule has 2 N–H and O–H groups in total. The van der Waals surface area contributed by atoms with Gasteiger partial charge in [-0.2, -0.15) is 4.98 Å². The molecule has 0 saturated heterocycles. The van der Waals surface area contributed by atoms with Gasteiger partial charge in [-0.15, -0.1) is 0 Å². The molecule has 0 unspecified atom stereocenters. The first kappa shape index (κ1) is 12.2. The lowest BCUT2D eigenvalue weighted by molar-refractivity contribution is -0.0858. The van der Waals surface area contributed by atoms with Crippen molar-refractivity contribution in [3.05, 3.63) is 29.6 Å². The Morgan fingerprint density at radius 3 is 2.79 bits per heavy atom. The smallest absolute Gasteiger partial charge is 0.260 e. The summed E-state index contributed by atoms with van der Waals surface area (Å²) < 4.78 is 10.9. The molecule has 0 amide bonds. The summed E-state index contributed by atoms with van der Waals surface area (Å²) in [6, 6.07) is 5.78. The third kappa shape index (κ3) is 1.81. The molecule has 0 aliphatic heterocycles. The molecule has 5 nitrogen and oxygen atoms in total. The van der Waals surface area contributed by atoms with E-state index in [1.54, 1.807) is 7.11 Å². The van der Waals surface area contributed by atoms with Gasteiger partial charge >= 0.3 is 0 Å². The lowest BCUT2D eigenvalue weighted by Crippen LogP contribution is -2.37. The Morgan fingerprint density at radius 2 is 2.16 bits per heavy atom. The van der Waals surface area contributed by atoms with Gasteiger partial charge in [0.25, 0.3) is 5.89 Å². The molecule has 1 fully saturated rings. The molecule has 2 aromatic rings. The topological polar surface area (TPSA) is 74.2 Å². The van der Waals surface area contributed by atoms with E-state index in [-0.39, 0.29) is 5.60 Å². The first-order valence-electron chi connectivity index (χ1n) is 6.41. The number of aromatic nitrogens is 2. The predicted molar refractivity (Wildman–Crippen MR) is 71.4 cm³/mol. The Morgan fingerprint density at radius 1 is 1.37 bits per heavy atom. The molecule has 3 rings (SSSR count). The number of aryl methyl sites for hydroxylation is 1. The van der Waals surface area contributed by atoms with Crippen molar-refractivity contribution in [2.45, 2.75) is 31.8 Å². The highest BCUT2D eigenvalue weighted by Crippen LogP contribution is 2.43. The molecule has 19 heavy (non-hydrogen) atoms. The Kier molecular flexibility index (Phi) is 2.78. The van der Waals surface area contributed by atoms with Crippen molar-refractivity contribution in [3.63, 3.8) is 0 Å². The molecule has 1 aliphatic rings. The van der Waals surface area contributed by atoms with Crippen LogP contribution in [0.15, 0.2) is 22.7 Å². The number of benzene rings is 1. The molecule has 0 radical (unpaired) electrons. The van der Waals surface area contributed by atoms with Crippen molar-refractivity contribution in [3.8, 4) is 11.5 Å². The molecule has 5 heteroatoms.